The number of carbonyl (C=O) groups is 2. The summed E-state index contributed by atoms with van der Waals surface area (Å²) in [4.78, 5) is 28.6. The van der Waals surface area contributed by atoms with Crippen molar-refractivity contribution >= 4 is 18.0 Å². The largest absolute Gasteiger partial charge is 0.465 e. The van der Waals surface area contributed by atoms with Crippen LogP contribution in [0, 0.1) is 0 Å². The lowest BCUT2D eigenvalue weighted by molar-refractivity contribution is -0.162. The van der Waals surface area contributed by atoms with Crippen LogP contribution in [0.5, 0.6) is 0 Å². The molecule has 0 saturated carbocycles. The van der Waals surface area contributed by atoms with Crippen LogP contribution in [0.4, 0.5) is 0 Å². The van der Waals surface area contributed by atoms with E-state index in [1.165, 1.54) is 0 Å². The van der Waals surface area contributed by atoms with Gasteiger partial charge in [-0.1, -0.05) is 44.2 Å². The van der Waals surface area contributed by atoms with Gasteiger partial charge in [-0.05, 0) is 56.5 Å². The molecule has 1 aliphatic carbocycles. The van der Waals surface area contributed by atoms with Gasteiger partial charge in [0, 0.05) is 6.54 Å². The third-order valence-electron chi connectivity index (χ3n) is 4.81. The van der Waals surface area contributed by atoms with Gasteiger partial charge in [0.05, 0.1) is 13.2 Å². The first-order chi connectivity index (χ1) is 13.1. The van der Waals surface area contributed by atoms with Crippen LogP contribution < -0.4 is 0 Å². The number of esters is 2. The molecule has 1 aliphatic rings. The van der Waals surface area contributed by atoms with Crippen molar-refractivity contribution < 1.29 is 19.1 Å². The summed E-state index contributed by atoms with van der Waals surface area (Å²) in [5.74, 6) is -1.10. The van der Waals surface area contributed by atoms with Gasteiger partial charge in [0.15, 0.2) is 0 Å². The lowest BCUT2D eigenvalue weighted by atomic mass is 9.76. The second-order valence-electron chi connectivity index (χ2n) is 6.72. The van der Waals surface area contributed by atoms with E-state index in [2.05, 4.69) is 18.7 Å². The Balaban J connectivity index is 2.57. The van der Waals surface area contributed by atoms with E-state index in [1.807, 2.05) is 30.3 Å². The molecule has 0 atom stereocenters. The van der Waals surface area contributed by atoms with Crippen molar-refractivity contribution in [3.63, 3.8) is 0 Å². The van der Waals surface area contributed by atoms with Crippen molar-refractivity contribution in [2.24, 2.45) is 0 Å². The third-order valence-corrected chi connectivity index (χ3v) is 4.81. The summed E-state index contributed by atoms with van der Waals surface area (Å²) in [6.07, 6.45) is 3.97. The molecule has 0 radical (unpaired) electrons. The number of hydrogen-bond acceptors (Lipinski definition) is 5. The van der Waals surface area contributed by atoms with Crippen molar-refractivity contribution in [2.75, 3.05) is 32.8 Å². The van der Waals surface area contributed by atoms with Crippen LogP contribution in [0.25, 0.3) is 6.08 Å². The summed E-state index contributed by atoms with van der Waals surface area (Å²) in [7, 11) is 0. The number of hydrogen-bond donors (Lipinski definition) is 0. The quantitative estimate of drug-likeness (QED) is 0.464. The van der Waals surface area contributed by atoms with E-state index in [0.29, 0.717) is 12.1 Å². The lowest BCUT2D eigenvalue weighted by Crippen LogP contribution is -2.49. The van der Waals surface area contributed by atoms with Crippen molar-refractivity contribution in [3.05, 3.63) is 41.0 Å². The molecule has 0 unspecified atom stereocenters. The van der Waals surface area contributed by atoms with Crippen molar-refractivity contribution in [1.29, 1.82) is 0 Å². The minimum absolute atomic E-state index is 0.211. The Morgan fingerprint density at radius 2 is 1.48 bits per heavy atom. The number of ether oxygens (including phenoxy) is 2. The third kappa shape index (κ3) is 4.08. The van der Waals surface area contributed by atoms with Crippen LogP contribution in [-0.2, 0) is 24.5 Å². The Kier molecular flexibility index (Phi) is 7.60. The average Bonchev–Trinajstić information content (AvgIpc) is 2.97. The molecule has 5 heteroatoms. The van der Waals surface area contributed by atoms with Gasteiger partial charge in [-0.3, -0.25) is 14.5 Å². The number of nitrogens with zero attached hydrogens (tertiary/aromatic N) is 1. The Labute approximate surface area is 162 Å². The second-order valence-corrected chi connectivity index (χ2v) is 6.72. The molecule has 0 aromatic heterocycles. The molecule has 0 aliphatic heterocycles. The second kappa shape index (κ2) is 9.70. The summed E-state index contributed by atoms with van der Waals surface area (Å²) in [5, 5.41) is 0. The Bertz CT molecular complexity index is 671. The van der Waals surface area contributed by atoms with Gasteiger partial charge >= 0.3 is 11.9 Å². The predicted octanol–water partition coefficient (Wildman–Crippen LogP) is 3.57. The Morgan fingerprint density at radius 1 is 0.926 bits per heavy atom. The van der Waals surface area contributed by atoms with Crippen molar-refractivity contribution in [3.8, 4) is 0 Å². The van der Waals surface area contributed by atoms with Gasteiger partial charge in [-0.2, -0.15) is 0 Å². The lowest BCUT2D eigenvalue weighted by Gasteiger charge is -2.32. The van der Waals surface area contributed by atoms with E-state index in [1.54, 1.807) is 13.8 Å². The smallest absolute Gasteiger partial charge is 0.332 e. The maximum atomic E-state index is 13.2. The molecule has 5 nitrogen and oxygen atoms in total. The first-order valence-corrected chi connectivity index (χ1v) is 9.93. The monoisotopic (exact) mass is 373 g/mol. The first kappa shape index (κ1) is 21.2. The molecule has 27 heavy (non-hydrogen) atoms. The van der Waals surface area contributed by atoms with E-state index in [4.69, 9.17) is 9.47 Å². The van der Waals surface area contributed by atoms with Crippen LogP contribution >= 0.6 is 0 Å². The highest BCUT2D eigenvalue weighted by molar-refractivity contribution is 6.13. The van der Waals surface area contributed by atoms with Crippen LogP contribution in [0.15, 0.2) is 29.8 Å². The first-order valence-electron chi connectivity index (χ1n) is 9.93. The highest BCUT2D eigenvalue weighted by atomic mass is 16.6. The van der Waals surface area contributed by atoms with Gasteiger partial charge < -0.3 is 9.47 Å². The Morgan fingerprint density at radius 3 is 2.00 bits per heavy atom. The summed E-state index contributed by atoms with van der Waals surface area (Å²) in [6.45, 7) is 10.5. The minimum Gasteiger partial charge on any atom is -0.465 e. The predicted molar refractivity (Wildman–Crippen MR) is 106 cm³/mol. The van der Waals surface area contributed by atoms with Crippen LogP contribution in [-0.4, -0.2) is 49.7 Å². The normalized spacial score (nSPS) is 14.6. The fraction of sp³-hybridized carbons (Fsp3) is 0.545. The topological polar surface area (TPSA) is 55.8 Å². The summed E-state index contributed by atoms with van der Waals surface area (Å²) in [6, 6.07) is 7.52. The summed E-state index contributed by atoms with van der Waals surface area (Å²) in [5.41, 5.74) is 0.761. The van der Waals surface area contributed by atoms with Gasteiger partial charge in [-0.25, -0.2) is 0 Å². The van der Waals surface area contributed by atoms with Crippen molar-refractivity contribution in [1.82, 2.24) is 4.90 Å². The van der Waals surface area contributed by atoms with Crippen LogP contribution in [0.2, 0.25) is 0 Å². The van der Waals surface area contributed by atoms with Gasteiger partial charge in [0.25, 0.3) is 0 Å². The van der Waals surface area contributed by atoms with E-state index in [0.717, 1.165) is 37.1 Å². The van der Waals surface area contributed by atoms with Crippen LogP contribution in [0.1, 0.15) is 51.7 Å². The zero-order valence-corrected chi connectivity index (χ0v) is 16.9. The van der Waals surface area contributed by atoms with Crippen LogP contribution in [0.3, 0.4) is 0 Å². The molecule has 0 N–H and O–H groups in total. The molecule has 1 aromatic rings. The average molecular weight is 373 g/mol. The molecular weight excluding hydrogens is 342 g/mol. The van der Waals surface area contributed by atoms with E-state index in [-0.39, 0.29) is 13.2 Å². The highest BCUT2D eigenvalue weighted by Gasteiger charge is 2.57. The van der Waals surface area contributed by atoms with Gasteiger partial charge in [0.2, 0.25) is 5.41 Å². The summed E-state index contributed by atoms with van der Waals surface area (Å²) < 4.78 is 10.8. The number of rotatable bonds is 10. The molecule has 0 fully saturated rings. The maximum absolute atomic E-state index is 13.2. The van der Waals surface area contributed by atoms with E-state index < -0.39 is 17.4 Å². The SMILES string of the molecule is CCCN(CCC)CC1=Cc2ccccc2C1(C(=O)OCC)C(=O)OCC. The molecule has 148 valence electrons. The molecule has 2 rings (SSSR count). The summed E-state index contributed by atoms with van der Waals surface area (Å²) >= 11 is 0. The standard InChI is InChI=1S/C22H31NO4/c1-5-13-23(14-6-2)16-18-15-17-11-9-10-12-19(17)22(18,20(24)26-7-3)21(25)27-8-4/h9-12,15H,5-8,13-14,16H2,1-4H3. The van der Waals surface area contributed by atoms with E-state index in [9.17, 15) is 9.59 Å². The van der Waals surface area contributed by atoms with Gasteiger partial charge in [-0.15, -0.1) is 0 Å². The molecule has 1 aromatic carbocycles. The minimum atomic E-state index is -1.51. The Hall–Kier alpha value is -2.14. The zero-order chi connectivity index (χ0) is 19.9. The zero-order valence-electron chi connectivity index (χ0n) is 16.9. The molecule has 0 bridgehead atoms. The highest BCUT2D eigenvalue weighted by Crippen LogP contribution is 2.44. The molecule has 0 amide bonds. The van der Waals surface area contributed by atoms with E-state index >= 15 is 0 Å². The fourth-order valence-electron chi connectivity index (χ4n) is 3.78. The molecule has 0 heterocycles. The number of fused-ring (bicyclic) bond motifs is 1. The number of carbonyl (C=O) groups excluding carboxylic acids is 2. The van der Waals surface area contributed by atoms with Crippen molar-refractivity contribution in [2.45, 2.75) is 46.0 Å². The fourth-order valence-corrected chi connectivity index (χ4v) is 3.78. The molecule has 0 spiro atoms. The maximum Gasteiger partial charge on any atom is 0.332 e. The van der Waals surface area contributed by atoms with Gasteiger partial charge in [0.1, 0.15) is 0 Å². The molecular formula is C22H31NO4. The number of benzene rings is 1. The molecule has 0 saturated heterocycles.